The topological polar surface area (TPSA) is 96.1 Å². The summed E-state index contributed by atoms with van der Waals surface area (Å²) in [6.45, 7) is 0.680. The Labute approximate surface area is 215 Å². The van der Waals surface area contributed by atoms with Crippen LogP contribution >= 0.6 is 23.3 Å². The van der Waals surface area contributed by atoms with Crippen molar-refractivity contribution in [3.63, 3.8) is 0 Å². The van der Waals surface area contributed by atoms with Crippen molar-refractivity contribution >= 4 is 40.8 Å². The average Bonchev–Trinajstić information content (AvgIpc) is 3.56. The second kappa shape index (κ2) is 10.4. The average molecular weight is 521 g/mol. The molecule has 8 nitrogen and oxygen atoms in total. The first-order valence-electron chi connectivity index (χ1n) is 11.1. The van der Waals surface area contributed by atoms with Gasteiger partial charge in [-0.3, -0.25) is 14.1 Å². The van der Waals surface area contributed by atoms with Crippen LogP contribution in [0.4, 0.5) is 16.0 Å². The van der Waals surface area contributed by atoms with E-state index in [0.717, 1.165) is 16.1 Å². The smallest absolute Gasteiger partial charge is 0.239 e. The van der Waals surface area contributed by atoms with Crippen molar-refractivity contribution in [2.75, 3.05) is 29.0 Å². The van der Waals surface area contributed by atoms with E-state index < -0.39 is 5.82 Å². The quantitative estimate of drug-likeness (QED) is 0.187. The van der Waals surface area contributed by atoms with Gasteiger partial charge in [0.15, 0.2) is 5.82 Å². The van der Waals surface area contributed by atoms with Crippen LogP contribution in [0.3, 0.4) is 0 Å². The zero-order valence-corrected chi connectivity index (χ0v) is 20.9. The van der Waals surface area contributed by atoms with E-state index in [1.165, 1.54) is 24.1 Å². The third-order valence-electron chi connectivity index (χ3n) is 5.80. The molecule has 36 heavy (non-hydrogen) atoms. The van der Waals surface area contributed by atoms with Crippen LogP contribution in [0.1, 0.15) is 17.5 Å². The van der Waals surface area contributed by atoms with E-state index in [1.807, 2.05) is 46.3 Å². The van der Waals surface area contributed by atoms with Crippen LogP contribution < -0.4 is 14.4 Å². The number of carbonyl (C=O) groups is 1. The molecule has 0 radical (unpaired) electrons. The van der Waals surface area contributed by atoms with Crippen LogP contribution in [-0.4, -0.2) is 40.1 Å². The largest absolute Gasteiger partial charge is 0.495 e. The third kappa shape index (κ3) is 4.65. The number of rotatable bonds is 9. The highest BCUT2D eigenvalue weighted by atomic mass is 32.2. The number of ether oxygens (including phenoxy) is 1. The van der Waals surface area contributed by atoms with Gasteiger partial charge in [-0.15, -0.1) is 21.5 Å². The minimum Gasteiger partial charge on any atom is -0.495 e. The lowest BCUT2D eigenvalue weighted by Crippen LogP contribution is -2.43. The van der Waals surface area contributed by atoms with Crippen LogP contribution in [-0.2, 0) is 11.2 Å². The highest BCUT2D eigenvalue weighted by Gasteiger charge is 2.27. The monoisotopic (exact) mass is 520 g/mol. The molecule has 0 aliphatic carbocycles. The highest BCUT2D eigenvalue weighted by Crippen LogP contribution is 2.36. The molecule has 11 heteroatoms. The molecule has 0 saturated carbocycles. The Morgan fingerprint density at radius 3 is 2.83 bits per heavy atom. The standard InChI is InChI=1S/C25H21FN6O2S2/c1-34-21-7-6-19(31-10-8-23(31)33)14-20(21)32-24(22-3-2-11-35-22)28-29-25(32)30-36-12-9-16-4-5-18(26)13-17(16)15-27/h2-7,11,13-14H,8-10,12H2,1H3,(H,29,30). The van der Waals surface area contributed by atoms with Crippen LogP contribution in [0.15, 0.2) is 53.9 Å². The number of hydrogen-bond acceptors (Lipinski definition) is 8. The molecule has 182 valence electrons. The fourth-order valence-corrected chi connectivity index (χ4v) is 5.28. The minimum absolute atomic E-state index is 0.0831. The number of aryl methyl sites for hydroxylation is 1. The summed E-state index contributed by atoms with van der Waals surface area (Å²) in [6.07, 6.45) is 1.11. The zero-order chi connectivity index (χ0) is 25.1. The number of halogens is 1. The first kappa shape index (κ1) is 23.8. The summed E-state index contributed by atoms with van der Waals surface area (Å²) in [5.74, 6) is 2.02. The minimum atomic E-state index is -0.425. The Balaban J connectivity index is 1.44. The van der Waals surface area contributed by atoms with E-state index in [1.54, 1.807) is 29.4 Å². The number of hydrogen-bond donors (Lipinski definition) is 1. The van der Waals surface area contributed by atoms with Crippen LogP contribution in [0.5, 0.6) is 5.75 Å². The van der Waals surface area contributed by atoms with Crippen molar-refractivity contribution in [3.8, 4) is 28.2 Å². The maximum Gasteiger partial charge on any atom is 0.239 e. The van der Waals surface area contributed by atoms with E-state index in [-0.39, 0.29) is 5.91 Å². The highest BCUT2D eigenvalue weighted by molar-refractivity contribution is 8.00. The molecule has 1 saturated heterocycles. The van der Waals surface area contributed by atoms with Crippen LogP contribution in [0.25, 0.3) is 16.4 Å². The van der Waals surface area contributed by atoms with E-state index in [9.17, 15) is 14.4 Å². The first-order valence-corrected chi connectivity index (χ1v) is 13.0. The molecule has 3 heterocycles. The van der Waals surface area contributed by atoms with Gasteiger partial charge in [0, 0.05) is 24.4 Å². The van der Waals surface area contributed by atoms with Gasteiger partial charge in [0.25, 0.3) is 0 Å². The molecule has 1 aliphatic heterocycles. The number of nitrogens with one attached hydrogen (secondary N) is 1. The summed E-state index contributed by atoms with van der Waals surface area (Å²) in [4.78, 5) is 14.7. The SMILES string of the molecule is COc1ccc(N2CCC2=O)cc1-n1c(NSCCc2ccc(F)cc2C#N)nnc1-c1cccs1. The number of aromatic nitrogens is 3. The van der Waals surface area contributed by atoms with Crippen LogP contribution in [0.2, 0.25) is 0 Å². The summed E-state index contributed by atoms with van der Waals surface area (Å²) in [5.41, 5.74) is 2.60. The number of amides is 1. The predicted octanol–water partition coefficient (Wildman–Crippen LogP) is 5.05. The van der Waals surface area contributed by atoms with E-state index in [2.05, 4.69) is 14.9 Å². The van der Waals surface area contributed by atoms with Gasteiger partial charge in [0.05, 0.1) is 29.3 Å². The summed E-state index contributed by atoms with van der Waals surface area (Å²) < 4.78 is 24.2. The lowest BCUT2D eigenvalue weighted by atomic mass is 10.1. The van der Waals surface area contributed by atoms with Gasteiger partial charge in [-0.1, -0.05) is 12.1 Å². The zero-order valence-electron chi connectivity index (χ0n) is 19.3. The third-order valence-corrected chi connectivity index (χ3v) is 7.40. The Kier molecular flexibility index (Phi) is 6.88. The van der Waals surface area contributed by atoms with Crippen molar-refractivity contribution in [2.45, 2.75) is 12.8 Å². The number of anilines is 2. The van der Waals surface area contributed by atoms with Crippen molar-refractivity contribution in [2.24, 2.45) is 0 Å². The van der Waals surface area contributed by atoms with Gasteiger partial charge >= 0.3 is 0 Å². The molecule has 0 bridgehead atoms. The molecule has 5 rings (SSSR count). The van der Waals surface area contributed by atoms with Crippen molar-refractivity contribution in [3.05, 3.63) is 70.9 Å². The van der Waals surface area contributed by atoms with Gasteiger partial charge in [-0.05, 0) is 65.7 Å². The molecule has 1 aliphatic rings. The lowest BCUT2D eigenvalue weighted by molar-refractivity contribution is -0.122. The Morgan fingerprint density at radius 1 is 1.25 bits per heavy atom. The maximum absolute atomic E-state index is 13.4. The molecule has 2 aromatic carbocycles. The Morgan fingerprint density at radius 2 is 2.14 bits per heavy atom. The fourth-order valence-electron chi connectivity index (χ4n) is 3.90. The summed E-state index contributed by atoms with van der Waals surface area (Å²) in [6, 6.07) is 15.8. The molecule has 2 aromatic heterocycles. The molecule has 1 amide bonds. The molecule has 0 unspecified atom stereocenters. The van der Waals surface area contributed by atoms with Gasteiger partial charge in [0.2, 0.25) is 11.9 Å². The molecular formula is C25H21FN6O2S2. The van der Waals surface area contributed by atoms with Crippen molar-refractivity contribution < 1.29 is 13.9 Å². The van der Waals surface area contributed by atoms with Crippen molar-refractivity contribution in [1.82, 2.24) is 14.8 Å². The molecule has 0 spiro atoms. The number of benzene rings is 2. The summed E-state index contributed by atoms with van der Waals surface area (Å²) in [5, 5.41) is 20.1. The summed E-state index contributed by atoms with van der Waals surface area (Å²) >= 11 is 2.95. The second-order valence-electron chi connectivity index (χ2n) is 7.93. The Hall–Kier alpha value is -3.88. The van der Waals surface area contributed by atoms with E-state index in [0.29, 0.717) is 53.9 Å². The van der Waals surface area contributed by atoms with Crippen LogP contribution in [0, 0.1) is 17.1 Å². The van der Waals surface area contributed by atoms with Gasteiger partial charge in [-0.25, -0.2) is 4.39 Å². The normalized spacial score (nSPS) is 12.8. The van der Waals surface area contributed by atoms with Gasteiger partial charge < -0.3 is 9.64 Å². The van der Waals surface area contributed by atoms with Gasteiger partial charge in [0.1, 0.15) is 11.6 Å². The number of nitriles is 1. The molecule has 1 fully saturated rings. The number of carbonyl (C=O) groups excluding carboxylic acids is 1. The first-order chi connectivity index (χ1) is 17.6. The van der Waals surface area contributed by atoms with E-state index >= 15 is 0 Å². The number of nitrogens with zero attached hydrogens (tertiary/aromatic N) is 5. The number of thiophene rings is 1. The molecular weight excluding hydrogens is 499 g/mol. The van der Waals surface area contributed by atoms with Crippen molar-refractivity contribution in [1.29, 1.82) is 5.26 Å². The fraction of sp³-hybridized carbons (Fsp3) is 0.200. The molecule has 0 atom stereocenters. The second-order valence-corrected chi connectivity index (χ2v) is 9.77. The maximum atomic E-state index is 13.4. The molecule has 1 N–H and O–H groups in total. The predicted molar refractivity (Wildman–Crippen MR) is 139 cm³/mol. The van der Waals surface area contributed by atoms with Gasteiger partial charge in [-0.2, -0.15) is 5.26 Å². The number of β-lactam (4-membered cyclic amide) rings is 1. The summed E-state index contributed by atoms with van der Waals surface area (Å²) in [7, 11) is 1.60. The Bertz CT molecular complexity index is 1450. The number of methoxy groups -OCH3 is 1. The lowest BCUT2D eigenvalue weighted by Gasteiger charge is -2.31. The molecule has 4 aromatic rings. The van der Waals surface area contributed by atoms with E-state index in [4.69, 9.17) is 4.74 Å².